The fraction of sp³-hybridized carbons (Fsp3) is 0.118. The Kier molecular flexibility index (Phi) is 4.33. The molecule has 0 aliphatic rings. The molecule has 0 atom stereocenters. The van der Waals surface area contributed by atoms with Crippen LogP contribution in [0.5, 0.6) is 5.75 Å². The van der Waals surface area contributed by atoms with Crippen LogP contribution in [0.2, 0.25) is 0 Å². The third kappa shape index (κ3) is 3.74. The highest BCUT2D eigenvalue weighted by Crippen LogP contribution is 2.23. The summed E-state index contributed by atoms with van der Waals surface area (Å²) in [6.07, 6.45) is 0. The third-order valence-electron chi connectivity index (χ3n) is 3.15. The molecular weight excluding hydrogens is 294 g/mol. The van der Waals surface area contributed by atoms with Gasteiger partial charge in [0.1, 0.15) is 5.75 Å². The maximum atomic E-state index is 12.0. The van der Waals surface area contributed by atoms with Crippen LogP contribution in [0.15, 0.2) is 59.2 Å². The molecule has 3 aromatic rings. The summed E-state index contributed by atoms with van der Waals surface area (Å²) < 4.78 is 10.2. The van der Waals surface area contributed by atoms with Crippen molar-refractivity contribution in [1.82, 2.24) is 10.3 Å². The van der Waals surface area contributed by atoms with Gasteiger partial charge in [-0.1, -0.05) is 42.5 Å². The summed E-state index contributed by atoms with van der Waals surface area (Å²) in [6, 6.07) is 16.8. The van der Waals surface area contributed by atoms with Crippen molar-refractivity contribution in [1.29, 1.82) is 0 Å². The minimum Gasteiger partial charge on any atom is -0.484 e. The second-order valence-corrected chi connectivity index (χ2v) is 4.98. The molecule has 1 N–H and O–H groups in total. The highest BCUT2D eigenvalue weighted by atomic mass is 16.6. The number of aryl methyl sites for hydroxylation is 1. The zero-order valence-corrected chi connectivity index (χ0v) is 12.5. The van der Waals surface area contributed by atoms with Gasteiger partial charge in [0.25, 0.3) is 5.91 Å². The van der Waals surface area contributed by atoms with Crippen LogP contribution >= 0.6 is 0 Å². The van der Waals surface area contributed by atoms with Crippen molar-refractivity contribution in [3.8, 4) is 17.0 Å². The molecule has 0 unspecified atom stereocenters. The number of hydrogen-bond acceptors (Lipinski definition) is 5. The largest absolute Gasteiger partial charge is 0.484 e. The maximum Gasteiger partial charge on any atom is 0.263 e. The van der Waals surface area contributed by atoms with Crippen molar-refractivity contribution >= 4 is 11.7 Å². The molecule has 3 rings (SSSR count). The molecule has 0 fully saturated rings. The summed E-state index contributed by atoms with van der Waals surface area (Å²) in [5, 5.41) is 10.2. The summed E-state index contributed by atoms with van der Waals surface area (Å²) >= 11 is 0. The zero-order chi connectivity index (χ0) is 16.1. The molecule has 0 aliphatic carbocycles. The van der Waals surface area contributed by atoms with Crippen LogP contribution in [0.1, 0.15) is 5.56 Å². The van der Waals surface area contributed by atoms with E-state index in [0.29, 0.717) is 11.4 Å². The van der Waals surface area contributed by atoms with Crippen LogP contribution in [0.3, 0.4) is 0 Å². The Morgan fingerprint density at radius 1 is 1.13 bits per heavy atom. The summed E-state index contributed by atoms with van der Waals surface area (Å²) in [4.78, 5) is 12.0. The molecule has 116 valence electrons. The highest BCUT2D eigenvalue weighted by molar-refractivity contribution is 5.94. The highest BCUT2D eigenvalue weighted by Gasteiger charge is 2.15. The van der Waals surface area contributed by atoms with E-state index in [1.165, 1.54) is 0 Å². The first-order chi connectivity index (χ1) is 11.2. The van der Waals surface area contributed by atoms with E-state index in [9.17, 15) is 4.79 Å². The van der Waals surface area contributed by atoms with E-state index in [0.717, 1.165) is 11.1 Å². The second kappa shape index (κ2) is 6.74. The number of ether oxygens (including phenoxy) is 1. The van der Waals surface area contributed by atoms with Gasteiger partial charge in [0.15, 0.2) is 12.3 Å². The third-order valence-corrected chi connectivity index (χ3v) is 3.15. The average molecular weight is 309 g/mol. The number of rotatable bonds is 5. The van der Waals surface area contributed by atoms with E-state index >= 15 is 0 Å². The van der Waals surface area contributed by atoms with Gasteiger partial charge in [0.05, 0.1) is 0 Å². The number of carbonyl (C=O) groups excluding carboxylic acids is 1. The standard InChI is InChI=1S/C17H15N3O3/c1-12-6-5-9-14(10-12)22-11-15(21)18-17-16(19-23-20-17)13-7-3-2-4-8-13/h2-10H,11H2,1H3,(H,18,20,21). The lowest BCUT2D eigenvalue weighted by Gasteiger charge is -2.07. The number of benzene rings is 2. The molecule has 0 aliphatic heterocycles. The number of nitrogens with one attached hydrogen (secondary N) is 1. The van der Waals surface area contributed by atoms with Gasteiger partial charge in [0.2, 0.25) is 5.82 Å². The molecule has 1 aromatic heterocycles. The number of aromatic nitrogens is 2. The predicted octanol–water partition coefficient (Wildman–Crippen LogP) is 3.06. The number of hydrogen-bond donors (Lipinski definition) is 1. The Bertz CT molecular complexity index is 800. The fourth-order valence-electron chi connectivity index (χ4n) is 2.08. The van der Waals surface area contributed by atoms with E-state index in [2.05, 4.69) is 15.6 Å². The van der Waals surface area contributed by atoms with Crippen LogP contribution in [0, 0.1) is 6.92 Å². The first kappa shape index (κ1) is 14.8. The molecule has 0 saturated heterocycles. The van der Waals surface area contributed by atoms with E-state index in [1.807, 2.05) is 55.5 Å². The van der Waals surface area contributed by atoms with E-state index < -0.39 is 0 Å². The van der Waals surface area contributed by atoms with Crippen LogP contribution < -0.4 is 10.1 Å². The Labute approximate surface area is 133 Å². The van der Waals surface area contributed by atoms with Gasteiger partial charge >= 0.3 is 0 Å². The zero-order valence-electron chi connectivity index (χ0n) is 12.5. The number of anilines is 1. The molecule has 0 spiro atoms. The van der Waals surface area contributed by atoms with Crippen LogP contribution in [0.25, 0.3) is 11.3 Å². The molecule has 23 heavy (non-hydrogen) atoms. The SMILES string of the molecule is Cc1cccc(OCC(=O)Nc2nonc2-c2ccccc2)c1. The lowest BCUT2D eigenvalue weighted by molar-refractivity contribution is -0.118. The van der Waals surface area contributed by atoms with Crippen LogP contribution in [-0.4, -0.2) is 22.8 Å². The lowest BCUT2D eigenvalue weighted by Crippen LogP contribution is -2.20. The van der Waals surface area contributed by atoms with Crippen molar-refractivity contribution in [2.24, 2.45) is 0 Å². The monoisotopic (exact) mass is 309 g/mol. The number of carbonyl (C=O) groups is 1. The number of amides is 1. The molecule has 1 heterocycles. The van der Waals surface area contributed by atoms with Crippen molar-refractivity contribution in [3.63, 3.8) is 0 Å². The summed E-state index contributed by atoms with van der Waals surface area (Å²) in [5.41, 5.74) is 2.35. The maximum absolute atomic E-state index is 12.0. The van der Waals surface area contributed by atoms with Gasteiger partial charge in [-0.15, -0.1) is 0 Å². The van der Waals surface area contributed by atoms with Gasteiger partial charge in [-0.05, 0) is 34.9 Å². The van der Waals surface area contributed by atoms with E-state index in [-0.39, 0.29) is 18.3 Å². The van der Waals surface area contributed by atoms with Crippen LogP contribution in [-0.2, 0) is 4.79 Å². The van der Waals surface area contributed by atoms with Crippen molar-refractivity contribution in [2.45, 2.75) is 6.92 Å². The Balaban J connectivity index is 1.64. The quantitative estimate of drug-likeness (QED) is 0.783. The molecule has 6 heteroatoms. The summed E-state index contributed by atoms with van der Waals surface area (Å²) in [5.74, 6) is 0.579. The molecule has 0 saturated carbocycles. The fourth-order valence-corrected chi connectivity index (χ4v) is 2.08. The Morgan fingerprint density at radius 2 is 1.96 bits per heavy atom. The summed E-state index contributed by atoms with van der Waals surface area (Å²) in [6.45, 7) is 1.84. The lowest BCUT2D eigenvalue weighted by atomic mass is 10.1. The smallest absolute Gasteiger partial charge is 0.263 e. The average Bonchev–Trinajstić information content (AvgIpc) is 3.02. The normalized spacial score (nSPS) is 10.3. The minimum absolute atomic E-state index is 0.120. The molecule has 2 aromatic carbocycles. The van der Waals surface area contributed by atoms with Gasteiger partial charge < -0.3 is 10.1 Å². The van der Waals surface area contributed by atoms with Gasteiger partial charge in [-0.2, -0.15) is 0 Å². The second-order valence-electron chi connectivity index (χ2n) is 4.98. The Hall–Kier alpha value is -3.15. The number of nitrogens with zero attached hydrogens (tertiary/aromatic N) is 2. The first-order valence-corrected chi connectivity index (χ1v) is 7.09. The van der Waals surface area contributed by atoms with Crippen LogP contribution in [0.4, 0.5) is 5.82 Å². The van der Waals surface area contributed by atoms with E-state index in [4.69, 9.17) is 9.37 Å². The molecule has 0 radical (unpaired) electrons. The van der Waals surface area contributed by atoms with Crippen molar-refractivity contribution < 1.29 is 14.2 Å². The molecule has 6 nitrogen and oxygen atoms in total. The summed E-state index contributed by atoms with van der Waals surface area (Å²) in [7, 11) is 0. The first-order valence-electron chi connectivity index (χ1n) is 7.09. The van der Waals surface area contributed by atoms with Crippen molar-refractivity contribution in [3.05, 3.63) is 60.2 Å². The topological polar surface area (TPSA) is 77.2 Å². The van der Waals surface area contributed by atoms with Crippen molar-refractivity contribution in [2.75, 3.05) is 11.9 Å². The minimum atomic E-state index is -0.334. The molecular formula is C17H15N3O3. The van der Waals surface area contributed by atoms with Gasteiger partial charge in [0, 0.05) is 5.56 Å². The Morgan fingerprint density at radius 3 is 2.74 bits per heavy atom. The molecule has 0 bridgehead atoms. The van der Waals surface area contributed by atoms with E-state index in [1.54, 1.807) is 6.07 Å². The predicted molar refractivity (Wildman–Crippen MR) is 85.0 cm³/mol. The van der Waals surface area contributed by atoms with Gasteiger partial charge in [-0.25, -0.2) is 4.63 Å². The molecule has 1 amide bonds. The van der Waals surface area contributed by atoms with Gasteiger partial charge in [-0.3, -0.25) is 4.79 Å².